The predicted octanol–water partition coefficient (Wildman–Crippen LogP) is 5.72. The minimum atomic E-state index is -0.500. The minimum absolute atomic E-state index is 0.149. The van der Waals surface area contributed by atoms with Crippen LogP contribution in [0.4, 0.5) is 0 Å². The number of ether oxygens (including phenoxy) is 1. The van der Waals surface area contributed by atoms with Gasteiger partial charge in [0, 0.05) is 6.54 Å². The molecule has 1 atom stereocenters. The number of nitrogens with zero attached hydrogens (tertiary/aromatic N) is 1. The second-order valence-corrected chi connectivity index (χ2v) is 8.27. The molecule has 0 aliphatic carbocycles. The van der Waals surface area contributed by atoms with E-state index in [1.807, 2.05) is 60.7 Å². The Labute approximate surface area is 192 Å². The number of unbranched alkanes of at least 4 members (excludes halogenated alkanes) is 1. The van der Waals surface area contributed by atoms with Gasteiger partial charge >= 0.3 is 0 Å². The van der Waals surface area contributed by atoms with Gasteiger partial charge in [-0.15, -0.1) is 0 Å². The number of amides is 1. The Morgan fingerprint density at radius 2 is 1.73 bits per heavy atom. The van der Waals surface area contributed by atoms with Gasteiger partial charge < -0.3 is 14.1 Å². The molecule has 1 amide bonds. The summed E-state index contributed by atoms with van der Waals surface area (Å²) in [5, 5.41) is 0.489. The Morgan fingerprint density at radius 3 is 2.55 bits per heavy atom. The van der Waals surface area contributed by atoms with E-state index in [-0.39, 0.29) is 17.1 Å². The second kappa shape index (κ2) is 8.94. The van der Waals surface area contributed by atoms with Gasteiger partial charge in [-0.1, -0.05) is 67.9 Å². The normalized spacial score (nSPS) is 15.1. The van der Waals surface area contributed by atoms with Crippen LogP contribution in [0.2, 0.25) is 0 Å². The van der Waals surface area contributed by atoms with Crippen molar-refractivity contribution in [3.63, 3.8) is 0 Å². The monoisotopic (exact) mass is 439 g/mol. The van der Waals surface area contributed by atoms with Gasteiger partial charge in [-0.05, 0) is 41.8 Å². The highest BCUT2D eigenvalue weighted by atomic mass is 16.5. The van der Waals surface area contributed by atoms with Crippen LogP contribution in [0.25, 0.3) is 11.0 Å². The zero-order valence-corrected chi connectivity index (χ0v) is 18.5. The van der Waals surface area contributed by atoms with Gasteiger partial charge in [0.2, 0.25) is 5.76 Å². The lowest BCUT2D eigenvalue weighted by atomic mass is 9.98. The minimum Gasteiger partial charge on any atom is -0.489 e. The maximum atomic E-state index is 13.5. The van der Waals surface area contributed by atoms with Crippen LogP contribution < -0.4 is 10.2 Å². The molecule has 1 aliphatic heterocycles. The molecule has 0 N–H and O–H groups in total. The van der Waals surface area contributed by atoms with E-state index in [9.17, 15) is 9.59 Å². The number of benzene rings is 3. The number of hydrogen-bond acceptors (Lipinski definition) is 4. The van der Waals surface area contributed by atoms with E-state index >= 15 is 0 Å². The first-order valence-electron chi connectivity index (χ1n) is 11.3. The van der Waals surface area contributed by atoms with Crippen LogP contribution in [0.15, 0.2) is 88.1 Å². The highest BCUT2D eigenvalue weighted by molar-refractivity contribution is 5.99. The quantitative estimate of drug-likeness (QED) is 0.370. The number of carbonyl (C=O) groups excluding carboxylic acids is 1. The third kappa shape index (κ3) is 3.91. The van der Waals surface area contributed by atoms with E-state index in [0.717, 1.165) is 24.0 Å². The third-order valence-electron chi connectivity index (χ3n) is 6.05. The third-order valence-corrected chi connectivity index (χ3v) is 6.05. The first-order valence-corrected chi connectivity index (χ1v) is 11.3. The van der Waals surface area contributed by atoms with Crippen molar-refractivity contribution in [3.05, 3.63) is 112 Å². The molecule has 0 fully saturated rings. The summed E-state index contributed by atoms with van der Waals surface area (Å²) in [6.07, 6.45) is 1.78. The summed E-state index contributed by atoms with van der Waals surface area (Å²) in [6.45, 7) is 3.07. The Bertz CT molecular complexity index is 1360. The van der Waals surface area contributed by atoms with Crippen molar-refractivity contribution in [3.8, 4) is 5.75 Å². The maximum absolute atomic E-state index is 13.5. The van der Waals surface area contributed by atoms with Gasteiger partial charge in [0.05, 0.1) is 17.0 Å². The lowest BCUT2D eigenvalue weighted by molar-refractivity contribution is 0.0725. The van der Waals surface area contributed by atoms with Crippen molar-refractivity contribution >= 4 is 16.9 Å². The summed E-state index contributed by atoms with van der Waals surface area (Å²) in [4.78, 5) is 28.6. The van der Waals surface area contributed by atoms with Crippen molar-refractivity contribution in [1.82, 2.24) is 4.90 Å². The highest BCUT2D eigenvalue weighted by Crippen LogP contribution is 2.39. The molecule has 166 valence electrons. The highest BCUT2D eigenvalue weighted by Gasteiger charge is 2.42. The number of hydrogen-bond donors (Lipinski definition) is 0. The van der Waals surface area contributed by atoms with Crippen LogP contribution in [0.3, 0.4) is 0 Å². The van der Waals surface area contributed by atoms with Crippen LogP contribution in [-0.2, 0) is 6.61 Å². The average molecular weight is 440 g/mol. The van der Waals surface area contributed by atoms with Crippen molar-refractivity contribution in [2.24, 2.45) is 0 Å². The van der Waals surface area contributed by atoms with Crippen LogP contribution in [-0.4, -0.2) is 17.4 Å². The summed E-state index contributed by atoms with van der Waals surface area (Å²) in [7, 11) is 0. The number of para-hydroxylation sites is 1. The van der Waals surface area contributed by atoms with E-state index in [1.165, 1.54) is 0 Å². The number of rotatable bonds is 7. The van der Waals surface area contributed by atoms with Crippen LogP contribution >= 0.6 is 0 Å². The molecule has 1 aromatic heterocycles. The second-order valence-electron chi connectivity index (χ2n) is 8.27. The Hall–Kier alpha value is -3.86. The fraction of sp³-hybridized carbons (Fsp3) is 0.214. The van der Waals surface area contributed by atoms with Gasteiger partial charge in [-0.2, -0.15) is 0 Å². The van der Waals surface area contributed by atoms with Crippen LogP contribution in [0.5, 0.6) is 5.75 Å². The number of fused-ring (bicyclic) bond motifs is 2. The smallest absolute Gasteiger partial charge is 0.290 e. The van der Waals surface area contributed by atoms with Crippen molar-refractivity contribution in [2.45, 2.75) is 32.4 Å². The molecule has 1 aliphatic rings. The molecule has 2 heterocycles. The van der Waals surface area contributed by atoms with Crippen molar-refractivity contribution in [1.29, 1.82) is 0 Å². The molecule has 5 rings (SSSR count). The lowest BCUT2D eigenvalue weighted by Gasteiger charge is -2.25. The molecule has 0 saturated heterocycles. The van der Waals surface area contributed by atoms with Gasteiger partial charge in [0.1, 0.15) is 17.9 Å². The molecule has 33 heavy (non-hydrogen) atoms. The van der Waals surface area contributed by atoms with Gasteiger partial charge in [-0.25, -0.2) is 0 Å². The first kappa shape index (κ1) is 21.0. The molecule has 1 unspecified atom stereocenters. The Kier molecular flexibility index (Phi) is 5.69. The molecule has 0 radical (unpaired) electrons. The van der Waals surface area contributed by atoms with Crippen molar-refractivity contribution < 1.29 is 13.9 Å². The maximum Gasteiger partial charge on any atom is 0.290 e. The molecule has 3 aromatic carbocycles. The van der Waals surface area contributed by atoms with Gasteiger partial charge in [-0.3, -0.25) is 9.59 Å². The van der Waals surface area contributed by atoms with E-state index in [2.05, 4.69) is 6.92 Å². The molecule has 4 aromatic rings. The van der Waals surface area contributed by atoms with Gasteiger partial charge in [0.25, 0.3) is 5.91 Å². The topological polar surface area (TPSA) is 59.8 Å². The lowest BCUT2D eigenvalue weighted by Crippen LogP contribution is -2.30. The fourth-order valence-corrected chi connectivity index (χ4v) is 4.39. The Morgan fingerprint density at radius 1 is 0.939 bits per heavy atom. The molecular weight excluding hydrogens is 414 g/mol. The zero-order chi connectivity index (χ0) is 22.8. The standard InChI is InChI=1S/C28H25NO4/c1-2-3-16-29-25(20-12-9-13-21(17-20)32-18-19-10-5-4-6-11-19)24-26(30)22-14-7-8-15-23(22)33-27(24)28(29)31/h4-15,17,25H,2-3,16,18H2,1H3. The summed E-state index contributed by atoms with van der Waals surface area (Å²) in [5.74, 6) is 0.607. The summed E-state index contributed by atoms with van der Waals surface area (Å²) in [6, 6.07) is 24.2. The summed E-state index contributed by atoms with van der Waals surface area (Å²) < 4.78 is 12.0. The molecule has 5 heteroatoms. The van der Waals surface area contributed by atoms with E-state index in [0.29, 0.717) is 35.4 Å². The SMILES string of the molecule is CCCCN1C(=O)c2oc3ccccc3c(=O)c2C1c1cccc(OCc2ccccc2)c1. The predicted molar refractivity (Wildman–Crippen MR) is 127 cm³/mol. The largest absolute Gasteiger partial charge is 0.489 e. The van der Waals surface area contributed by atoms with E-state index in [1.54, 1.807) is 23.1 Å². The van der Waals surface area contributed by atoms with Crippen molar-refractivity contribution in [2.75, 3.05) is 6.54 Å². The molecule has 0 bridgehead atoms. The number of carbonyl (C=O) groups is 1. The van der Waals surface area contributed by atoms with Crippen LogP contribution in [0, 0.1) is 0 Å². The van der Waals surface area contributed by atoms with E-state index in [4.69, 9.17) is 9.15 Å². The average Bonchev–Trinajstić information content (AvgIpc) is 3.14. The molecule has 0 saturated carbocycles. The van der Waals surface area contributed by atoms with Gasteiger partial charge in [0.15, 0.2) is 5.43 Å². The molecule has 0 spiro atoms. The summed E-state index contributed by atoms with van der Waals surface area (Å²) in [5.41, 5.74) is 2.60. The van der Waals surface area contributed by atoms with E-state index < -0.39 is 6.04 Å². The zero-order valence-electron chi connectivity index (χ0n) is 18.5. The first-order chi connectivity index (χ1) is 16.2. The Balaban J connectivity index is 1.57. The molecule has 5 nitrogen and oxygen atoms in total. The van der Waals surface area contributed by atoms with Crippen LogP contribution in [0.1, 0.15) is 53.1 Å². The molecular formula is C28H25NO4. The summed E-state index contributed by atoms with van der Waals surface area (Å²) >= 11 is 0. The fourth-order valence-electron chi connectivity index (χ4n) is 4.39.